The average molecular weight is 287 g/mol. The van der Waals surface area contributed by atoms with E-state index < -0.39 is 11.6 Å². The molecule has 108 valence electrons. The van der Waals surface area contributed by atoms with Crippen molar-refractivity contribution in [1.82, 2.24) is 0 Å². The van der Waals surface area contributed by atoms with Gasteiger partial charge < -0.3 is 4.74 Å². The number of hydrogen-bond donors (Lipinski definition) is 0. The van der Waals surface area contributed by atoms with Crippen molar-refractivity contribution in [1.29, 1.82) is 5.26 Å². The first-order valence-corrected chi connectivity index (χ1v) is 6.65. The van der Waals surface area contributed by atoms with Gasteiger partial charge in [-0.05, 0) is 30.2 Å². The molecule has 0 aliphatic rings. The highest BCUT2D eigenvalue weighted by Crippen LogP contribution is 2.23. The number of nitrogens with zero attached hydrogens (tertiary/aromatic N) is 1. The molecule has 0 bridgehead atoms. The highest BCUT2D eigenvalue weighted by atomic mass is 19.2. The molecule has 1 atom stereocenters. The summed E-state index contributed by atoms with van der Waals surface area (Å²) < 4.78 is 31.2. The summed E-state index contributed by atoms with van der Waals surface area (Å²) in [5.74, 6) is -1.87. The third-order valence-corrected chi connectivity index (χ3v) is 3.29. The fourth-order valence-electron chi connectivity index (χ4n) is 2.13. The lowest BCUT2D eigenvalue weighted by Crippen LogP contribution is -2.06. The number of halogens is 2. The van der Waals surface area contributed by atoms with Gasteiger partial charge in [0.05, 0.1) is 18.6 Å². The van der Waals surface area contributed by atoms with E-state index in [4.69, 9.17) is 4.74 Å². The monoisotopic (exact) mass is 287 g/mol. The van der Waals surface area contributed by atoms with E-state index >= 15 is 0 Å². The van der Waals surface area contributed by atoms with Gasteiger partial charge in [0, 0.05) is 12.5 Å². The molecule has 0 saturated carbocycles. The van der Waals surface area contributed by atoms with Crippen molar-refractivity contribution in [2.75, 3.05) is 6.61 Å². The van der Waals surface area contributed by atoms with Crippen molar-refractivity contribution >= 4 is 0 Å². The summed E-state index contributed by atoms with van der Waals surface area (Å²) in [7, 11) is 0. The molecule has 4 heteroatoms. The van der Waals surface area contributed by atoms with Crippen LogP contribution in [0.4, 0.5) is 8.78 Å². The number of benzene rings is 2. The largest absolute Gasteiger partial charge is 0.493 e. The van der Waals surface area contributed by atoms with Gasteiger partial charge in [-0.15, -0.1) is 0 Å². The molecule has 21 heavy (non-hydrogen) atoms. The summed E-state index contributed by atoms with van der Waals surface area (Å²) in [6.07, 6.45) is 0.486. The summed E-state index contributed by atoms with van der Waals surface area (Å²) >= 11 is 0. The standard InChI is InChI=1S/C17H15F2NO/c1-12-4-2-3-5-15(12)13(11-20)8-9-21-14-6-7-16(18)17(19)10-14/h2-7,10,13H,8-9H2,1H3. The molecule has 0 heterocycles. The molecule has 2 aromatic rings. The minimum Gasteiger partial charge on any atom is -0.493 e. The Morgan fingerprint density at radius 1 is 1.14 bits per heavy atom. The molecule has 0 radical (unpaired) electrons. The van der Waals surface area contributed by atoms with E-state index in [1.807, 2.05) is 31.2 Å². The maximum atomic E-state index is 13.0. The van der Waals surface area contributed by atoms with Crippen molar-refractivity contribution in [3.63, 3.8) is 0 Å². The van der Waals surface area contributed by atoms with E-state index in [-0.39, 0.29) is 18.3 Å². The SMILES string of the molecule is Cc1ccccc1C(C#N)CCOc1ccc(F)c(F)c1. The Labute approximate surface area is 122 Å². The van der Waals surface area contributed by atoms with E-state index in [9.17, 15) is 14.0 Å². The van der Waals surface area contributed by atoms with Crippen LogP contribution in [-0.2, 0) is 0 Å². The smallest absolute Gasteiger partial charge is 0.162 e. The van der Waals surface area contributed by atoms with Crippen LogP contribution in [-0.4, -0.2) is 6.61 Å². The van der Waals surface area contributed by atoms with Gasteiger partial charge in [0.15, 0.2) is 11.6 Å². The minimum atomic E-state index is -0.941. The lowest BCUT2D eigenvalue weighted by Gasteiger charge is -2.13. The Balaban J connectivity index is 1.97. The van der Waals surface area contributed by atoms with E-state index in [2.05, 4.69) is 6.07 Å². The van der Waals surface area contributed by atoms with Crippen LogP contribution >= 0.6 is 0 Å². The second-order valence-electron chi connectivity index (χ2n) is 4.75. The first-order chi connectivity index (χ1) is 10.1. The quantitative estimate of drug-likeness (QED) is 0.819. The van der Waals surface area contributed by atoms with Crippen molar-refractivity contribution in [2.45, 2.75) is 19.3 Å². The number of aryl methyl sites for hydroxylation is 1. The maximum absolute atomic E-state index is 13.0. The van der Waals surface area contributed by atoms with Crippen LogP contribution in [0.2, 0.25) is 0 Å². The Morgan fingerprint density at radius 3 is 2.57 bits per heavy atom. The van der Waals surface area contributed by atoms with Gasteiger partial charge in [-0.25, -0.2) is 8.78 Å². The fraction of sp³-hybridized carbons (Fsp3) is 0.235. The van der Waals surface area contributed by atoms with Gasteiger partial charge in [0.25, 0.3) is 0 Å². The molecule has 0 aliphatic heterocycles. The highest BCUT2D eigenvalue weighted by Gasteiger charge is 2.13. The molecule has 2 rings (SSSR count). The number of rotatable bonds is 5. The summed E-state index contributed by atoms with van der Waals surface area (Å²) in [5, 5.41) is 9.27. The minimum absolute atomic E-state index is 0.260. The van der Waals surface area contributed by atoms with Crippen molar-refractivity contribution < 1.29 is 13.5 Å². The summed E-state index contributed by atoms with van der Waals surface area (Å²) in [6.45, 7) is 2.22. The van der Waals surface area contributed by atoms with Gasteiger partial charge in [-0.3, -0.25) is 0 Å². The zero-order valence-corrected chi connectivity index (χ0v) is 11.6. The summed E-state index contributed by atoms with van der Waals surface area (Å²) in [6, 6.07) is 13.3. The Morgan fingerprint density at radius 2 is 1.90 bits per heavy atom. The topological polar surface area (TPSA) is 33.0 Å². The first-order valence-electron chi connectivity index (χ1n) is 6.65. The Bertz CT molecular complexity index is 664. The Hall–Kier alpha value is -2.41. The molecule has 1 unspecified atom stereocenters. The van der Waals surface area contributed by atoms with Gasteiger partial charge in [-0.1, -0.05) is 24.3 Å². The molecule has 0 spiro atoms. The van der Waals surface area contributed by atoms with Crippen LogP contribution in [0.3, 0.4) is 0 Å². The average Bonchev–Trinajstić information content (AvgIpc) is 2.48. The molecule has 0 aromatic heterocycles. The predicted molar refractivity (Wildman–Crippen MR) is 76.0 cm³/mol. The van der Waals surface area contributed by atoms with E-state index in [1.54, 1.807) is 0 Å². The van der Waals surface area contributed by atoms with Crippen LogP contribution in [0.5, 0.6) is 5.75 Å². The normalized spacial score (nSPS) is 11.7. The van der Waals surface area contributed by atoms with Gasteiger partial charge in [0.2, 0.25) is 0 Å². The van der Waals surface area contributed by atoms with Crippen molar-refractivity contribution in [2.24, 2.45) is 0 Å². The van der Waals surface area contributed by atoms with E-state index in [1.165, 1.54) is 6.07 Å². The lowest BCUT2D eigenvalue weighted by atomic mass is 9.94. The van der Waals surface area contributed by atoms with Crippen LogP contribution in [0.25, 0.3) is 0 Å². The molecule has 0 aliphatic carbocycles. The predicted octanol–water partition coefficient (Wildman–Crippen LogP) is 4.35. The van der Waals surface area contributed by atoms with Crippen LogP contribution < -0.4 is 4.74 Å². The summed E-state index contributed by atoms with van der Waals surface area (Å²) in [5.41, 5.74) is 2.02. The zero-order chi connectivity index (χ0) is 15.2. The van der Waals surface area contributed by atoms with Crippen molar-refractivity contribution in [3.8, 4) is 11.8 Å². The molecule has 0 fully saturated rings. The molecule has 2 aromatic carbocycles. The molecular weight excluding hydrogens is 272 g/mol. The molecule has 0 N–H and O–H groups in total. The lowest BCUT2D eigenvalue weighted by molar-refractivity contribution is 0.303. The maximum Gasteiger partial charge on any atom is 0.162 e. The molecular formula is C17H15F2NO. The van der Waals surface area contributed by atoms with Crippen LogP contribution in [0.15, 0.2) is 42.5 Å². The second kappa shape index (κ2) is 6.85. The second-order valence-corrected chi connectivity index (χ2v) is 4.75. The van der Waals surface area contributed by atoms with Crippen LogP contribution in [0.1, 0.15) is 23.5 Å². The van der Waals surface area contributed by atoms with Gasteiger partial charge in [0.1, 0.15) is 5.75 Å². The fourth-order valence-corrected chi connectivity index (χ4v) is 2.13. The molecule has 0 amide bonds. The third-order valence-electron chi connectivity index (χ3n) is 3.29. The van der Waals surface area contributed by atoms with Gasteiger partial charge >= 0.3 is 0 Å². The summed E-state index contributed by atoms with van der Waals surface area (Å²) in [4.78, 5) is 0. The molecule has 2 nitrogen and oxygen atoms in total. The van der Waals surface area contributed by atoms with E-state index in [0.29, 0.717) is 6.42 Å². The highest BCUT2D eigenvalue weighted by molar-refractivity contribution is 5.32. The zero-order valence-electron chi connectivity index (χ0n) is 11.6. The third kappa shape index (κ3) is 3.79. The Kier molecular flexibility index (Phi) is 4.89. The number of hydrogen-bond acceptors (Lipinski definition) is 2. The van der Waals surface area contributed by atoms with Crippen LogP contribution in [0, 0.1) is 29.9 Å². The number of ether oxygens (including phenoxy) is 1. The van der Waals surface area contributed by atoms with Gasteiger partial charge in [-0.2, -0.15) is 5.26 Å². The first kappa shape index (κ1) is 15.0. The number of nitriles is 1. The molecule has 0 saturated heterocycles. The van der Waals surface area contributed by atoms with E-state index in [0.717, 1.165) is 23.3 Å². The van der Waals surface area contributed by atoms with Crippen molar-refractivity contribution in [3.05, 3.63) is 65.2 Å².